The molecule has 3 atom stereocenters. The van der Waals surface area contributed by atoms with Gasteiger partial charge in [0.15, 0.2) is 0 Å². The van der Waals surface area contributed by atoms with Gasteiger partial charge in [-0.2, -0.15) is 0 Å². The molecule has 318 valence electrons. The molecule has 1 aromatic carbocycles. The Morgan fingerprint density at radius 3 is 2.07 bits per heavy atom. The number of benzene rings is 1. The summed E-state index contributed by atoms with van der Waals surface area (Å²) in [6, 6.07) is 4.24. The second kappa shape index (κ2) is 21.2. The molecule has 15 nitrogen and oxygen atoms in total. The number of ether oxygens (including phenoxy) is 1. The minimum absolute atomic E-state index is 0.0821. The molecule has 0 bridgehead atoms. The summed E-state index contributed by atoms with van der Waals surface area (Å²) in [4.78, 5) is 92.2. The van der Waals surface area contributed by atoms with Crippen molar-refractivity contribution in [1.29, 1.82) is 0 Å². The summed E-state index contributed by atoms with van der Waals surface area (Å²) in [7, 11) is 0. The van der Waals surface area contributed by atoms with E-state index in [1.54, 1.807) is 43.0 Å². The molecule has 0 aromatic heterocycles. The van der Waals surface area contributed by atoms with E-state index in [4.69, 9.17) is 10.5 Å². The van der Waals surface area contributed by atoms with Crippen molar-refractivity contribution >= 4 is 47.3 Å². The van der Waals surface area contributed by atoms with Gasteiger partial charge in [-0.25, -0.2) is 9.59 Å². The molecule has 3 rings (SSSR count). The molecule has 8 amide bonds. The first-order chi connectivity index (χ1) is 26.7. The molecule has 1 aromatic rings. The summed E-state index contributed by atoms with van der Waals surface area (Å²) in [6.07, 6.45) is 4.12. The number of nitrogens with zero attached hydrogens (tertiary/aromatic N) is 2. The number of piperidine rings is 1. The Balaban J connectivity index is 1.51. The Morgan fingerprint density at radius 1 is 0.860 bits per heavy atom. The van der Waals surface area contributed by atoms with Gasteiger partial charge in [0, 0.05) is 44.7 Å². The molecule has 0 spiro atoms. The van der Waals surface area contributed by atoms with Gasteiger partial charge in [-0.1, -0.05) is 73.9 Å². The summed E-state index contributed by atoms with van der Waals surface area (Å²) >= 11 is 0. The normalized spacial score (nSPS) is 17.6. The number of urea groups is 1. The zero-order chi connectivity index (χ0) is 42.5. The number of likely N-dealkylation sites (tertiary alicyclic amines) is 2. The van der Waals surface area contributed by atoms with Gasteiger partial charge in [-0.15, -0.1) is 0 Å². The highest BCUT2D eigenvalue weighted by Crippen LogP contribution is 2.36. The number of amides is 8. The number of primary amides is 1. The molecule has 0 saturated carbocycles. The van der Waals surface area contributed by atoms with Crippen LogP contribution in [0.25, 0.3) is 0 Å². The van der Waals surface area contributed by atoms with Crippen molar-refractivity contribution in [3.63, 3.8) is 0 Å². The van der Waals surface area contributed by atoms with Crippen LogP contribution in [0.2, 0.25) is 0 Å². The number of rotatable bonds is 18. The van der Waals surface area contributed by atoms with E-state index in [2.05, 4.69) is 42.0 Å². The molecule has 2 fully saturated rings. The minimum atomic E-state index is -0.998. The predicted molar refractivity (Wildman–Crippen MR) is 217 cm³/mol. The number of carbonyl (C=O) groups is 7. The molecule has 2 aliphatic heterocycles. The van der Waals surface area contributed by atoms with E-state index in [9.17, 15) is 33.6 Å². The summed E-state index contributed by atoms with van der Waals surface area (Å²) < 4.78 is 5.56. The van der Waals surface area contributed by atoms with Crippen LogP contribution in [0.3, 0.4) is 0 Å². The Bertz CT molecular complexity index is 1560. The largest absolute Gasteiger partial charge is 0.445 e. The zero-order valence-electron chi connectivity index (χ0n) is 35.3. The van der Waals surface area contributed by atoms with E-state index in [0.29, 0.717) is 56.9 Å². The van der Waals surface area contributed by atoms with Gasteiger partial charge < -0.3 is 36.6 Å². The first-order valence-corrected chi connectivity index (χ1v) is 20.5. The van der Waals surface area contributed by atoms with Crippen LogP contribution in [0, 0.1) is 28.6 Å². The van der Waals surface area contributed by atoms with Crippen molar-refractivity contribution in [1.82, 2.24) is 25.8 Å². The number of nitrogens with two attached hydrogens (primary N) is 1. The Morgan fingerprint density at radius 2 is 1.51 bits per heavy atom. The predicted octanol–water partition coefficient (Wildman–Crippen LogP) is 5.08. The third-order valence-electron chi connectivity index (χ3n) is 11.0. The molecule has 15 heteroatoms. The number of hydrogen-bond acceptors (Lipinski definition) is 8. The lowest BCUT2D eigenvalue weighted by Crippen LogP contribution is -2.54. The molecule has 6 N–H and O–H groups in total. The van der Waals surface area contributed by atoms with E-state index in [1.807, 2.05) is 20.8 Å². The lowest BCUT2D eigenvalue weighted by molar-refractivity contribution is -0.140. The van der Waals surface area contributed by atoms with Crippen LogP contribution >= 0.6 is 0 Å². The maximum Gasteiger partial charge on any atom is 0.410 e. The Kier molecular flexibility index (Phi) is 17.3. The molecule has 0 radical (unpaired) electrons. The summed E-state index contributed by atoms with van der Waals surface area (Å²) in [5.41, 5.74) is 6.32. The molecule has 1 unspecified atom stereocenters. The molecular weight excluding hydrogens is 731 g/mol. The second-order valence-corrected chi connectivity index (χ2v) is 18.0. The number of unbranched alkanes of at least 4 members (excludes halogenated alkanes) is 2. The molecular formula is C42H67N7O8. The fraction of sp³-hybridized carbons (Fsp3) is 0.690. The number of nitrogens with one attached hydrogen (secondary N) is 4. The van der Waals surface area contributed by atoms with Crippen molar-refractivity contribution in [3.8, 4) is 0 Å². The van der Waals surface area contributed by atoms with Crippen LogP contribution < -0.4 is 27.0 Å². The minimum Gasteiger partial charge on any atom is -0.445 e. The standard InChI is InChI=1S/C42H67N7O8/c1-27(2)35(47-33(50)14-10-9-11-22-49-34(51)25-31(38(49)54)42(6,7)8)37(53)46-32(13-12-21-44-39(43)55)36(52)45-30-17-15-28(16-18-30)26-57-40(56)48-23-19-29(20-24-48)41(3,4)5/h15-18,27,29,31-32,35H,9-14,19-26H2,1-8H3,(H,45,52)(H,46,53)(H,47,50)(H3,43,44,55)/t31?,32-,35-/m0/s1. The highest BCUT2D eigenvalue weighted by atomic mass is 16.6. The van der Waals surface area contributed by atoms with Gasteiger partial charge in [-0.05, 0) is 78.9 Å². The van der Waals surface area contributed by atoms with Gasteiger partial charge in [0.1, 0.15) is 18.7 Å². The third-order valence-corrected chi connectivity index (χ3v) is 11.0. The van der Waals surface area contributed by atoms with Gasteiger partial charge in [0.05, 0.1) is 5.92 Å². The molecule has 57 heavy (non-hydrogen) atoms. The first-order valence-electron chi connectivity index (χ1n) is 20.5. The number of carbonyl (C=O) groups excluding carboxylic acids is 7. The van der Waals surface area contributed by atoms with Crippen molar-refractivity contribution < 1.29 is 38.3 Å². The van der Waals surface area contributed by atoms with E-state index >= 15 is 0 Å². The number of hydrogen-bond donors (Lipinski definition) is 5. The van der Waals surface area contributed by atoms with E-state index in [1.165, 1.54) is 4.90 Å². The number of imide groups is 1. The maximum absolute atomic E-state index is 13.5. The Hall–Kier alpha value is -4.69. The lowest BCUT2D eigenvalue weighted by atomic mass is 9.75. The average molecular weight is 798 g/mol. The maximum atomic E-state index is 13.5. The van der Waals surface area contributed by atoms with Crippen LogP contribution in [0.1, 0.15) is 119 Å². The van der Waals surface area contributed by atoms with Crippen LogP contribution in [-0.4, -0.2) is 89.7 Å². The zero-order valence-corrected chi connectivity index (χ0v) is 35.3. The van der Waals surface area contributed by atoms with E-state index in [-0.39, 0.29) is 78.9 Å². The topological polar surface area (TPSA) is 209 Å². The van der Waals surface area contributed by atoms with Crippen LogP contribution in [0.15, 0.2) is 24.3 Å². The molecule has 0 aliphatic carbocycles. The van der Waals surface area contributed by atoms with Gasteiger partial charge in [-0.3, -0.25) is 28.9 Å². The SMILES string of the molecule is CC(C)[C@H](NC(=O)CCCCCN1C(=O)CC(C(C)(C)C)C1=O)C(=O)N[C@@H](CCCNC(N)=O)C(=O)Nc1ccc(COC(=O)N2CCC(C(C)(C)C)CC2)cc1. The van der Waals surface area contributed by atoms with Crippen molar-refractivity contribution in [2.24, 2.45) is 34.3 Å². The van der Waals surface area contributed by atoms with Crippen LogP contribution in [0.5, 0.6) is 0 Å². The molecule has 2 aliphatic rings. The van der Waals surface area contributed by atoms with E-state index in [0.717, 1.165) is 18.4 Å². The van der Waals surface area contributed by atoms with Crippen molar-refractivity contribution in [2.45, 2.75) is 132 Å². The quantitative estimate of drug-likeness (QED) is 0.0998. The molecule has 2 heterocycles. The van der Waals surface area contributed by atoms with Crippen molar-refractivity contribution in [3.05, 3.63) is 29.8 Å². The summed E-state index contributed by atoms with van der Waals surface area (Å²) in [5, 5.41) is 10.9. The van der Waals surface area contributed by atoms with Gasteiger partial charge in [0.2, 0.25) is 29.5 Å². The highest BCUT2D eigenvalue weighted by molar-refractivity contribution is 6.04. The molecule has 2 saturated heterocycles. The summed E-state index contributed by atoms with van der Waals surface area (Å²) in [6.45, 7) is 18.0. The van der Waals surface area contributed by atoms with Crippen molar-refractivity contribution in [2.75, 3.05) is 31.5 Å². The Labute approximate surface area is 338 Å². The van der Waals surface area contributed by atoms with Crippen LogP contribution in [0.4, 0.5) is 15.3 Å². The fourth-order valence-corrected chi connectivity index (χ4v) is 7.23. The third kappa shape index (κ3) is 15.0. The van der Waals surface area contributed by atoms with E-state index < -0.39 is 29.9 Å². The highest BCUT2D eigenvalue weighted by Gasteiger charge is 2.44. The summed E-state index contributed by atoms with van der Waals surface area (Å²) in [5.74, 6) is -1.70. The van der Waals surface area contributed by atoms with Gasteiger partial charge in [0.25, 0.3) is 0 Å². The van der Waals surface area contributed by atoms with Crippen LogP contribution in [-0.2, 0) is 35.3 Å². The smallest absolute Gasteiger partial charge is 0.410 e. The lowest BCUT2D eigenvalue weighted by Gasteiger charge is -2.38. The second-order valence-electron chi connectivity index (χ2n) is 18.0. The first kappa shape index (κ1) is 46.7. The number of anilines is 1. The average Bonchev–Trinajstić information content (AvgIpc) is 3.43. The monoisotopic (exact) mass is 798 g/mol. The fourth-order valence-electron chi connectivity index (χ4n) is 7.23. The van der Waals surface area contributed by atoms with Gasteiger partial charge >= 0.3 is 12.1 Å².